The van der Waals surface area contributed by atoms with Crippen molar-refractivity contribution >= 4 is 11.7 Å². The van der Waals surface area contributed by atoms with Gasteiger partial charge in [0, 0.05) is 50.7 Å². The van der Waals surface area contributed by atoms with Crippen molar-refractivity contribution in [2.45, 2.75) is 44.9 Å². The Bertz CT molecular complexity index is 743. The van der Waals surface area contributed by atoms with Crippen LogP contribution in [0.1, 0.15) is 42.4 Å². The SMILES string of the molecule is CC(C)c1nccn1CCCNC(=O)c1ccc(N[C@@H]2CNC[C@H]2O)nc1. The van der Waals surface area contributed by atoms with Gasteiger partial charge < -0.3 is 25.6 Å². The molecule has 146 valence electrons. The van der Waals surface area contributed by atoms with Crippen molar-refractivity contribution in [3.63, 3.8) is 0 Å². The van der Waals surface area contributed by atoms with Crippen LogP contribution in [0.25, 0.3) is 0 Å². The Morgan fingerprint density at radius 2 is 2.22 bits per heavy atom. The molecule has 0 unspecified atom stereocenters. The Kier molecular flexibility index (Phi) is 6.41. The van der Waals surface area contributed by atoms with Crippen LogP contribution in [0.5, 0.6) is 0 Å². The number of imidazole rings is 1. The van der Waals surface area contributed by atoms with Crippen molar-refractivity contribution in [1.82, 2.24) is 25.2 Å². The first-order valence-corrected chi connectivity index (χ1v) is 9.45. The summed E-state index contributed by atoms with van der Waals surface area (Å²) in [5.74, 6) is 1.97. The normalized spacial score (nSPS) is 19.4. The zero-order valence-electron chi connectivity index (χ0n) is 15.9. The average Bonchev–Trinajstić information content (AvgIpc) is 3.28. The van der Waals surface area contributed by atoms with Gasteiger partial charge in [0.15, 0.2) is 0 Å². The van der Waals surface area contributed by atoms with Gasteiger partial charge in [-0.1, -0.05) is 13.8 Å². The van der Waals surface area contributed by atoms with Gasteiger partial charge in [-0.2, -0.15) is 0 Å². The number of aliphatic hydroxyl groups is 1. The van der Waals surface area contributed by atoms with Crippen molar-refractivity contribution in [2.24, 2.45) is 0 Å². The van der Waals surface area contributed by atoms with Crippen molar-refractivity contribution in [1.29, 1.82) is 0 Å². The van der Waals surface area contributed by atoms with Crippen LogP contribution in [0, 0.1) is 0 Å². The number of hydrogen-bond acceptors (Lipinski definition) is 6. The van der Waals surface area contributed by atoms with Gasteiger partial charge in [0.2, 0.25) is 0 Å². The molecule has 2 aromatic heterocycles. The number of amides is 1. The van der Waals surface area contributed by atoms with Crippen molar-refractivity contribution in [3.05, 3.63) is 42.1 Å². The molecule has 8 nitrogen and oxygen atoms in total. The lowest BCUT2D eigenvalue weighted by Gasteiger charge is -2.16. The molecule has 1 aliphatic rings. The summed E-state index contributed by atoms with van der Waals surface area (Å²) in [6.07, 6.45) is 5.75. The third kappa shape index (κ3) is 5.05. The largest absolute Gasteiger partial charge is 0.390 e. The number of aryl methyl sites for hydroxylation is 1. The molecule has 0 aromatic carbocycles. The second kappa shape index (κ2) is 8.96. The molecule has 3 heterocycles. The van der Waals surface area contributed by atoms with Crippen molar-refractivity contribution < 1.29 is 9.90 Å². The average molecular weight is 372 g/mol. The van der Waals surface area contributed by atoms with Crippen LogP contribution < -0.4 is 16.0 Å². The lowest BCUT2D eigenvalue weighted by atomic mass is 10.2. The van der Waals surface area contributed by atoms with Crippen LogP contribution in [0.3, 0.4) is 0 Å². The number of hydrogen-bond donors (Lipinski definition) is 4. The van der Waals surface area contributed by atoms with E-state index in [1.165, 1.54) is 0 Å². The van der Waals surface area contributed by atoms with Gasteiger partial charge in [-0.15, -0.1) is 0 Å². The molecule has 4 N–H and O–H groups in total. The number of pyridine rings is 1. The molecule has 0 spiro atoms. The van der Waals surface area contributed by atoms with Crippen LogP contribution in [0.4, 0.5) is 5.82 Å². The maximum absolute atomic E-state index is 12.2. The Morgan fingerprint density at radius 3 is 2.89 bits per heavy atom. The van der Waals surface area contributed by atoms with Gasteiger partial charge in [-0.05, 0) is 18.6 Å². The highest BCUT2D eigenvalue weighted by Gasteiger charge is 2.24. The minimum atomic E-state index is -0.429. The number of β-amino-alcohol motifs (C(OH)–C–C–N with tert-alkyl or cyclic N) is 1. The van der Waals surface area contributed by atoms with E-state index in [1.54, 1.807) is 18.3 Å². The number of carbonyl (C=O) groups is 1. The van der Waals surface area contributed by atoms with E-state index in [9.17, 15) is 9.90 Å². The third-order valence-corrected chi connectivity index (χ3v) is 4.67. The maximum atomic E-state index is 12.2. The molecule has 27 heavy (non-hydrogen) atoms. The molecule has 1 aliphatic heterocycles. The van der Waals surface area contributed by atoms with E-state index in [1.807, 2.05) is 12.4 Å². The second-order valence-electron chi connectivity index (χ2n) is 7.15. The highest BCUT2D eigenvalue weighted by Crippen LogP contribution is 2.12. The fourth-order valence-corrected chi connectivity index (χ4v) is 3.18. The molecule has 0 saturated carbocycles. The topological polar surface area (TPSA) is 104 Å². The summed E-state index contributed by atoms with van der Waals surface area (Å²) in [7, 11) is 0. The number of carbonyl (C=O) groups excluding carboxylic acids is 1. The van der Waals surface area contributed by atoms with E-state index in [2.05, 4.69) is 44.3 Å². The fraction of sp³-hybridized carbons (Fsp3) is 0.526. The molecule has 1 saturated heterocycles. The molecule has 3 rings (SSSR count). The fourth-order valence-electron chi connectivity index (χ4n) is 3.18. The summed E-state index contributed by atoms with van der Waals surface area (Å²) >= 11 is 0. The summed E-state index contributed by atoms with van der Waals surface area (Å²) in [4.78, 5) is 20.9. The highest BCUT2D eigenvalue weighted by molar-refractivity contribution is 5.94. The molecule has 2 aromatic rings. The predicted molar refractivity (Wildman–Crippen MR) is 104 cm³/mol. The van der Waals surface area contributed by atoms with Crippen LogP contribution in [0.15, 0.2) is 30.7 Å². The molecule has 8 heteroatoms. The van der Waals surface area contributed by atoms with Gasteiger partial charge in [0.05, 0.1) is 17.7 Å². The van der Waals surface area contributed by atoms with Gasteiger partial charge >= 0.3 is 0 Å². The summed E-state index contributed by atoms with van der Waals surface area (Å²) in [5, 5.41) is 19.0. The minimum absolute atomic E-state index is 0.0592. The van der Waals surface area contributed by atoms with E-state index in [-0.39, 0.29) is 11.9 Å². The number of anilines is 1. The first kappa shape index (κ1) is 19.3. The van der Waals surface area contributed by atoms with E-state index >= 15 is 0 Å². The Morgan fingerprint density at radius 1 is 1.37 bits per heavy atom. The molecular weight excluding hydrogens is 344 g/mol. The van der Waals surface area contributed by atoms with Crippen LogP contribution >= 0.6 is 0 Å². The van der Waals surface area contributed by atoms with Gasteiger partial charge in [0.25, 0.3) is 5.91 Å². The second-order valence-corrected chi connectivity index (χ2v) is 7.15. The maximum Gasteiger partial charge on any atom is 0.252 e. The van der Waals surface area contributed by atoms with E-state index in [0.717, 1.165) is 18.8 Å². The van der Waals surface area contributed by atoms with Crippen molar-refractivity contribution in [2.75, 3.05) is 25.0 Å². The molecular formula is C19H28N6O2. The lowest BCUT2D eigenvalue weighted by molar-refractivity contribution is 0.0952. The minimum Gasteiger partial charge on any atom is -0.390 e. The van der Waals surface area contributed by atoms with Crippen LogP contribution in [-0.2, 0) is 6.54 Å². The van der Waals surface area contributed by atoms with Gasteiger partial charge in [0.1, 0.15) is 11.6 Å². The standard InChI is InChI=1S/C19H28N6O2/c1-13(2)18-21-7-9-25(18)8-3-6-22-19(27)14-4-5-17(23-10-14)24-15-11-20-12-16(15)26/h4-5,7,9-10,13,15-16,20,26H,3,6,8,11-12H2,1-2H3,(H,22,27)(H,23,24)/t15-,16-/m1/s1. The highest BCUT2D eigenvalue weighted by atomic mass is 16.3. The smallest absolute Gasteiger partial charge is 0.252 e. The molecule has 0 bridgehead atoms. The molecule has 0 radical (unpaired) electrons. The number of aliphatic hydroxyl groups excluding tert-OH is 1. The Hall–Kier alpha value is -2.45. The summed E-state index contributed by atoms with van der Waals surface area (Å²) in [6.45, 7) is 6.93. The Balaban J connectivity index is 1.43. The molecule has 1 fully saturated rings. The molecule has 2 atom stereocenters. The lowest BCUT2D eigenvalue weighted by Crippen LogP contribution is -2.32. The zero-order chi connectivity index (χ0) is 19.2. The van der Waals surface area contributed by atoms with Crippen molar-refractivity contribution in [3.8, 4) is 0 Å². The van der Waals surface area contributed by atoms with E-state index in [4.69, 9.17) is 0 Å². The monoisotopic (exact) mass is 372 g/mol. The van der Waals surface area contributed by atoms with E-state index < -0.39 is 6.10 Å². The van der Waals surface area contributed by atoms with E-state index in [0.29, 0.717) is 36.9 Å². The number of rotatable bonds is 8. The third-order valence-electron chi connectivity index (χ3n) is 4.67. The number of nitrogens with zero attached hydrogens (tertiary/aromatic N) is 3. The molecule has 0 aliphatic carbocycles. The number of nitrogens with one attached hydrogen (secondary N) is 3. The first-order valence-electron chi connectivity index (χ1n) is 9.45. The Labute approximate surface area is 159 Å². The van der Waals surface area contributed by atoms with Gasteiger partial charge in [-0.3, -0.25) is 4.79 Å². The van der Waals surface area contributed by atoms with Crippen LogP contribution in [-0.4, -0.2) is 57.3 Å². The summed E-state index contributed by atoms with van der Waals surface area (Å²) < 4.78 is 2.13. The van der Waals surface area contributed by atoms with Gasteiger partial charge in [-0.25, -0.2) is 9.97 Å². The first-order chi connectivity index (χ1) is 13.0. The summed E-state index contributed by atoms with van der Waals surface area (Å²) in [6, 6.07) is 3.45. The predicted octanol–water partition coefficient (Wildman–Crippen LogP) is 0.966. The summed E-state index contributed by atoms with van der Waals surface area (Å²) in [5.41, 5.74) is 0.524. The zero-order valence-corrected chi connectivity index (χ0v) is 15.9. The molecule has 1 amide bonds. The quantitative estimate of drug-likeness (QED) is 0.515. The number of aromatic nitrogens is 3. The van der Waals surface area contributed by atoms with Crippen LogP contribution in [0.2, 0.25) is 0 Å².